The molecule has 1 atom stereocenters. The minimum absolute atomic E-state index is 0.300. The lowest BCUT2D eigenvalue weighted by Crippen LogP contribution is -2.26. The summed E-state index contributed by atoms with van der Waals surface area (Å²) in [7, 11) is 0. The number of halogens is 3. The highest BCUT2D eigenvalue weighted by atomic mass is 19.4. The van der Waals surface area contributed by atoms with E-state index in [9.17, 15) is 18.0 Å². The molecule has 0 radical (unpaired) electrons. The third-order valence-corrected chi connectivity index (χ3v) is 1.93. The molecule has 0 bridgehead atoms. The van der Waals surface area contributed by atoms with Crippen LogP contribution >= 0.6 is 0 Å². The van der Waals surface area contributed by atoms with Gasteiger partial charge in [-0.15, -0.1) is 0 Å². The smallest absolute Gasteiger partial charge is 0.368 e. The molecule has 1 aromatic heterocycles. The first-order valence-electron chi connectivity index (χ1n) is 4.28. The lowest BCUT2D eigenvalue weighted by Gasteiger charge is -2.11. The molecule has 0 saturated carbocycles. The van der Waals surface area contributed by atoms with E-state index >= 15 is 0 Å². The molecule has 0 unspecified atom stereocenters. The number of alkyl halides is 3. The normalized spacial score (nSPS) is 13.9. The fraction of sp³-hybridized carbons (Fsp3) is 0.500. The van der Waals surface area contributed by atoms with Gasteiger partial charge in [-0.05, 0) is 12.5 Å². The number of primary amides is 1. The van der Waals surface area contributed by atoms with Gasteiger partial charge in [-0.2, -0.15) is 18.3 Å². The van der Waals surface area contributed by atoms with Crippen molar-refractivity contribution in [1.29, 1.82) is 0 Å². The molecular weight excluding hydrogens is 211 g/mol. The molecule has 2 N–H and O–H groups in total. The van der Waals surface area contributed by atoms with Crippen molar-refractivity contribution in [2.24, 2.45) is 5.73 Å². The van der Waals surface area contributed by atoms with Crippen LogP contribution < -0.4 is 5.73 Å². The highest BCUT2D eigenvalue weighted by Gasteiger charge is 2.34. The van der Waals surface area contributed by atoms with Crippen molar-refractivity contribution in [3.05, 3.63) is 18.0 Å². The fourth-order valence-electron chi connectivity index (χ4n) is 1.18. The molecule has 1 heterocycles. The Kier molecular flexibility index (Phi) is 3.01. The third kappa shape index (κ3) is 2.48. The lowest BCUT2D eigenvalue weighted by molar-refractivity contribution is -0.142. The van der Waals surface area contributed by atoms with Gasteiger partial charge in [0.2, 0.25) is 5.91 Å². The van der Waals surface area contributed by atoms with Gasteiger partial charge in [0, 0.05) is 6.20 Å². The minimum Gasteiger partial charge on any atom is -0.368 e. The van der Waals surface area contributed by atoms with Crippen LogP contribution in [0.2, 0.25) is 0 Å². The second kappa shape index (κ2) is 3.92. The van der Waals surface area contributed by atoms with Gasteiger partial charge < -0.3 is 5.73 Å². The molecule has 84 valence electrons. The summed E-state index contributed by atoms with van der Waals surface area (Å²) in [5, 5.41) is 3.26. The number of rotatable bonds is 3. The average Bonchev–Trinajstić information content (AvgIpc) is 2.52. The summed E-state index contributed by atoms with van der Waals surface area (Å²) in [6.07, 6.45) is -3.10. The standard InChI is InChI=1S/C8H10F3N3O/c1-2-5(7(12)15)14-4-3-6(13-14)8(9,10)11/h3-5H,2H2,1H3,(H2,12,15)/t5-/m1/s1. The van der Waals surface area contributed by atoms with Gasteiger partial charge in [0.05, 0.1) is 0 Å². The average molecular weight is 221 g/mol. The van der Waals surface area contributed by atoms with Crippen LogP contribution in [-0.4, -0.2) is 15.7 Å². The molecule has 0 saturated heterocycles. The van der Waals surface area contributed by atoms with Crippen LogP contribution in [-0.2, 0) is 11.0 Å². The fourth-order valence-corrected chi connectivity index (χ4v) is 1.18. The molecule has 1 rings (SSSR count). The van der Waals surface area contributed by atoms with E-state index in [4.69, 9.17) is 5.73 Å². The Balaban J connectivity index is 2.97. The largest absolute Gasteiger partial charge is 0.435 e. The summed E-state index contributed by atoms with van der Waals surface area (Å²) in [5.74, 6) is -0.700. The number of amides is 1. The van der Waals surface area contributed by atoms with Crippen LogP contribution in [0.5, 0.6) is 0 Å². The van der Waals surface area contributed by atoms with E-state index in [0.29, 0.717) is 6.42 Å². The molecule has 0 fully saturated rings. The van der Waals surface area contributed by atoms with Crippen LogP contribution in [0.3, 0.4) is 0 Å². The number of hydrogen-bond acceptors (Lipinski definition) is 2. The first-order chi connectivity index (χ1) is 6.86. The Morgan fingerprint density at radius 2 is 2.27 bits per heavy atom. The highest BCUT2D eigenvalue weighted by molar-refractivity contribution is 5.78. The van der Waals surface area contributed by atoms with Gasteiger partial charge in [0.15, 0.2) is 5.69 Å². The van der Waals surface area contributed by atoms with Crippen LogP contribution in [0.4, 0.5) is 13.2 Å². The van der Waals surface area contributed by atoms with Crippen molar-refractivity contribution in [3.63, 3.8) is 0 Å². The number of hydrogen-bond donors (Lipinski definition) is 1. The molecule has 0 spiro atoms. The lowest BCUT2D eigenvalue weighted by atomic mass is 10.2. The first-order valence-corrected chi connectivity index (χ1v) is 4.28. The zero-order valence-electron chi connectivity index (χ0n) is 7.95. The van der Waals surface area contributed by atoms with E-state index in [2.05, 4.69) is 5.10 Å². The van der Waals surface area contributed by atoms with Crippen molar-refractivity contribution in [2.75, 3.05) is 0 Å². The summed E-state index contributed by atoms with van der Waals surface area (Å²) in [5.41, 5.74) is 3.99. The Morgan fingerprint density at radius 1 is 1.67 bits per heavy atom. The molecule has 0 aromatic carbocycles. The first kappa shape index (κ1) is 11.5. The van der Waals surface area contributed by atoms with E-state index < -0.39 is 23.8 Å². The summed E-state index contributed by atoms with van der Waals surface area (Å²) < 4.78 is 37.5. The van der Waals surface area contributed by atoms with E-state index in [0.717, 1.165) is 16.9 Å². The zero-order valence-corrected chi connectivity index (χ0v) is 7.95. The molecule has 4 nitrogen and oxygen atoms in total. The van der Waals surface area contributed by atoms with Crippen molar-refractivity contribution in [2.45, 2.75) is 25.6 Å². The summed E-state index contributed by atoms with van der Waals surface area (Å²) >= 11 is 0. The monoisotopic (exact) mass is 221 g/mol. The number of nitrogens with two attached hydrogens (primary N) is 1. The summed E-state index contributed by atoms with van der Waals surface area (Å²) in [6, 6.07) is -0.0212. The Hall–Kier alpha value is -1.53. The third-order valence-electron chi connectivity index (χ3n) is 1.93. The van der Waals surface area contributed by atoms with Crippen LogP contribution in [0.15, 0.2) is 12.3 Å². The van der Waals surface area contributed by atoms with Gasteiger partial charge in [-0.25, -0.2) is 0 Å². The number of aromatic nitrogens is 2. The van der Waals surface area contributed by atoms with Crippen molar-refractivity contribution in [3.8, 4) is 0 Å². The Morgan fingerprint density at radius 3 is 2.60 bits per heavy atom. The van der Waals surface area contributed by atoms with Gasteiger partial charge in [0.25, 0.3) is 0 Å². The van der Waals surface area contributed by atoms with Gasteiger partial charge >= 0.3 is 6.18 Å². The maximum absolute atomic E-state index is 12.2. The highest BCUT2D eigenvalue weighted by Crippen LogP contribution is 2.28. The molecule has 1 aromatic rings. The summed E-state index contributed by atoms with van der Waals surface area (Å²) in [4.78, 5) is 10.9. The van der Waals surface area contributed by atoms with Crippen LogP contribution in [0.1, 0.15) is 25.1 Å². The molecule has 7 heteroatoms. The Labute approximate surface area is 83.9 Å². The number of carbonyl (C=O) groups excluding carboxylic acids is 1. The van der Waals surface area contributed by atoms with Crippen molar-refractivity contribution < 1.29 is 18.0 Å². The van der Waals surface area contributed by atoms with Gasteiger partial charge in [0.1, 0.15) is 6.04 Å². The topological polar surface area (TPSA) is 60.9 Å². The molecule has 15 heavy (non-hydrogen) atoms. The van der Waals surface area contributed by atoms with E-state index in [1.54, 1.807) is 6.92 Å². The minimum atomic E-state index is -4.50. The molecule has 0 aliphatic heterocycles. The van der Waals surface area contributed by atoms with E-state index in [1.165, 1.54) is 0 Å². The predicted octanol–water partition coefficient (Wildman–Crippen LogP) is 1.34. The summed E-state index contributed by atoms with van der Waals surface area (Å²) in [6.45, 7) is 1.64. The number of nitrogens with zero attached hydrogens (tertiary/aromatic N) is 2. The quantitative estimate of drug-likeness (QED) is 0.837. The zero-order chi connectivity index (χ0) is 11.6. The van der Waals surface area contributed by atoms with E-state index in [-0.39, 0.29) is 0 Å². The maximum atomic E-state index is 12.2. The van der Waals surface area contributed by atoms with Gasteiger partial charge in [-0.1, -0.05) is 6.92 Å². The van der Waals surface area contributed by atoms with Crippen LogP contribution in [0, 0.1) is 0 Å². The molecular formula is C8H10F3N3O. The van der Waals surface area contributed by atoms with E-state index in [1.807, 2.05) is 0 Å². The van der Waals surface area contributed by atoms with Crippen LogP contribution in [0.25, 0.3) is 0 Å². The Bertz CT molecular complexity index is 358. The van der Waals surface area contributed by atoms with Crippen molar-refractivity contribution in [1.82, 2.24) is 9.78 Å². The maximum Gasteiger partial charge on any atom is 0.435 e. The molecule has 0 aliphatic rings. The van der Waals surface area contributed by atoms with Crippen molar-refractivity contribution >= 4 is 5.91 Å². The number of carbonyl (C=O) groups is 1. The molecule has 0 aliphatic carbocycles. The SMILES string of the molecule is CC[C@H](C(N)=O)n1ccc(C(F)(F)F)n1. The van der Waals surface area contributed by atoms with Gasteiger partial charge in [-0.3, -0.25) is 9.48 Å². The second-order valence-electron chi connectivity index (χ2n) is 3.01. The predicted molar refractivity (Wildman–Crippen MR) is 45.8 cm³/mol. The molecule has 1 amide bonds. The second-order valence-corrected chi connectivity index (χ2v) is 3.01.